The fourth-order valence-electron chi connectivity index (χ4n) is 4.54. The number of hydrogen-bond acceptors (Lipinski definition) is 4. The number of aryl methyl sites for hydroxylation is 4. The standard InChI is InChI=1S/C26H33N5O2/c1-18-11-13-22(14-12-18)31-20(3)24-19(2)28-30(26(33)25(24)29-31)17-7-10-23(32)27-16-15-21-8-5-4-6-9-21/h8,11-14H,4-7,9-10,15-17H2,1-3H3,(H,27,32). The van der Waals surface area contributed by atoms with Crippen LogP contribution in [0.2, 0.25) is 0 Å². The summed E-state index contributed by atoms with van der Waals surface area (Å²) in [6, 6.07) is 8.06. The average Bonchev–Trinajstić information content (AvgIpc) is 3.16. The number of hydrogen-bond donors (Lipinski definition) is 1. The van der Waals surface area contributed by atoms with Crippen LogP contribution in [0.3, 0.4) is 0 Å². The Bertz CT molecular complexity index is 1230. The molecule has 0 saturated carbocycles. The molecular weight excluding hydrogens is 414 g/mol. The van der Waals surface area contributed by atoms with Crippen LogP contribution in [-0.2, 0) is 11.3 Å². The zero-order valence-electron chi connectivity index (χ0n) is 19.9. The molecule has 0 fully saturated rings. The van der Waals surface area contributed by atoms with E-state index in [0.29, 0.717) is 31.4 Å². The molecule has 1 aromatic carbocycles. The number of carbonyl (C=O) groups is 1. The van der Waals surface area contributed by atoms with Crippen LogP contribution in [0.25, 0.3) is 16.6 Å². The second-order valence-electron chi connectivity index (χ2n) is 8.98. The molecule has 0 saturated heterocycles. The summed E-state index contributed by atoms with van der Waals surface area (Å²) in [7, 11) is 0. The lowest BCUT2D eigenvalue weighted by Gasteiger charge is -2.13. The van der Waals surface area contributed by atoms with Crippen LogP contribution in [0.4, 0.5) is 0 Å². The number of rotatable bonds is 8. The Balaban J connectivity index is 1.40. The molecule has 7 heteroatoms. The second-order valence-corrected chi connectivity index (χ2v) is 8.98. The Morgan fingerprint density at radius 1 is 1.09 bits per heavy atom. The Morgan fingerprint density at radius 2 is 1.88 bits per heavy atom. The van der Waals surface area contributed by atoms with E-state index >= 15 is 0 Å². The molecular formula is C26H33N5O2. The van der Waals surface area contributed by atoms with E-state index in [4.69, 9.17) is 0 Å². The third-order valence-electron chi connectivity index (χ3n) is 6.39. The van der Waals surface area contributed by atoms with Crippen molar-refractivity contribution in [1.29, 1.82) is 0 Å². The predicted octanol–water partition coefficient (Wildman–Crippen LogP) is 4.29. The lowest BCUT2D eigenvalue weighted by atomic mass is 9.97. The van der Waals surface area contributed by atoms with Gasteiger partial charge in [0, 0.05) is 19.5 Å². The number of allylic oxidation sites excluding steroid dienone is 1. The monoisotopic (exact) mass is 447 g/mol. The van der Waals surface area contributed by atoms with Crippen molar-refractivity contribution in [3.05, 3.63) is 63.2 Å². The maximum Gasteiger partial charge on any atom is 0.295 e. The highest BCUT2D eigenvalue weighted by Gasteiger charge is 2.17. The van der Waals surface area contributed by atoms with Gasteiger partial charge >= 0.3 is 0 Å². The molecule has 0 aliphatic heterocycles. The van der Waals surface area contributed by atoms with Crippen LogP contribution < -0.4 is 10.9 Å². The molecule has 4 rings (SSSR count). The number of nitrogens with one attached hydrogen (secondary N) is 1. The zero-order chi connectivity index (χ0) is 23.4. The first-order valence-corrected chi connectivity index (χ1v) is 11.9. The third-order valence-corrected chi connectivity index (χ3v) is 6.39. The lowest BCUT2D eigenvalue weighted by Crippen LogP contribution is -2.27. The molecule has 1 aliphatic rings. The molecule has 0 unspecified atom stereocenters. The first kappa shape index (κ1) is 23.0. The molecule has 0 bridgehead atoms. The van der Waals surface area contributed by atoms with Crippen molar-refractivity contribution < 1.29 is 4.79 Å². The van der Waals surface area contributed by atoms with Gasteiger partial charge in [0.05, 0.1) is 22.5 Å². The minimum atomic E-state index is -0.214. The van der Waals surface area contributed by atoms with Gasteiger partial charge in [-0.05, 0) is 71.4 Å². The maximum atomic E-state index is 13.1. The molecule has 0 atom stereocenters. The summed E-state index contributed by atoms with van der Waals surface area (Å²) in [6.07, 6.45) is 9.04. The van der Waals surface area contributed by atoms with Gasteiger partial charge < -0.3 is 5.32 Å². The minimum absolute atomic E-state index is 0.0248. The van der Waals surface area contributed by atoms with Crippen LogP contribution in [0, 0.1) is 20.8 Å². The Kier molecular flexibility index (Phi) is 7.06. The van der Waals surface area contributed by atoms with E-state index < -0.39 is 0 Å². The number of amides is 1. The molecule has 33 heavy (non-hydrogen) atoms. The van der Waals surface area contributed by atoms with Gasteiger partial charge in [-0.3, -0.25) is 9.59 Å². The fraction of sp³-hybridized carbons (Fsp3) is 0.462. The van der Waals surface area contributed by atoms with Crippen molar-refractivity contribution >= 4 is 16.8 Å². The molecule has 0 radical (unpaired) electrons. The summed E-state index contributed by atoms with van der Waals surface area (Å²) in [5.41, 5.74) is 5.42. The van der Waals surface area contributed by atoms with Gasteiger partial charge in [0.2, 0.25) is 5.91 Å². The third kappa shape index (κ3) is 5.24. The molecule has 2 aromatic heterocycles. The van der Waals surface area contributed by atoms with Crippen molar-refractivity contribution in [2.45, 2.75) is 72.3 Å². The smallest absolute Gasteiger partial charge is 0.295 e. The summed E-state index contributed by atoms with van der Waals surface area (Å²) < 4.78 is 3.25. The summed E-state index contributed by atoms with van der Waals surface area (Å²) in [4.78, 5) is 25.3. The lowest BCUT2D eigenvalue weighted by molar-refractivity contribution is -0.121. The van der Waals surface area contributed by atoms with E-state index in [9.17, 15) is 9.59 Å². The topological polar surface area (TPSA) is 81.8 Å². The Labute approximate surface area is 194 Å². The zero-order valence-corrected chi connectivity index (χ0v) is 19.9. The Hall–Kier alpha value is -3.22. The van der Waals surface area contributed by atoms with Crippen LogP contribution in [0.1, 0.15) is 61.9 Å². The second kappa shape index (κ2) is 10.1. The minimum Gasteiger partial charge on any atom is -0.356 e. The van der Waals surface area contributed by atoms with Crippen LogP contribution in [0.5, 0.6) is 0 Å². The van der Waals surface area contributed by atoms with Gasteiger partial charge in [-0.25, -0.2) is 9.36 Å². The van der Waals surface area contributed by atoms with Crippen molar-refractivity contribution in [1.82, 2.24) is 24.9 Å². The average molecular weight is 448 g/mol. The maximum absolute atomic E-state index is 13.1. The van der Waals surface area contributed by atoms with E-state index in [-0.39, 0.29) is 11.5 Å². The van der Waals surface area contributed by atoms with E-state index in [1.165, 1.54) is 28.7 Å². The summed E-state index contributed by atoms with van der Waals surface area (Å²) in [5.74, 6) is 0.0248. The van der Waals surface area contributed by atoms with Crippen molar-refractivity contribution in [3.8, 4) is 5.69 Å². The van der Waals surface area contributed by atoms with Gasteiger partial charge in [0.15, 0.2) is 5.52 Å². The van der Waals surface area contributed by atoms with Crippen molar-refractivity contribution in [2.24, 2.45) is 0 Å². The van der Waals surface area contributed by atoms with Crippen LogP contribution in [0.15, 0.2) is 40.7 Å². The molecule has 0 spiro atoms. The predicted molar refractivity (Wildman–Crippen MR) is 131 cm³/mol. The summed E-state index contributed by atoms with van der Waals surface area (Å²) >= 11 is 0. The summed E-state index contributed by atoms with van der Waals surface area (Å²) in [5, 5.41) is 12.9. The van der Waals surface area contributed by atoms with Crippen LogP contribution >= 0.6 is 0 Å². The number of aromatic nitrogens is 4. The number of carbonyl (C=O) groups excluding carboxylic acids is 1. The first-order chi connectivity index (χ1) is 15.9. The van der Waals surface area contributed by atoms with Crippen molar-refractivity contribution in [2.75, 3.05) is 6.54 Å². The largest absolute Gasteiger partial charge is 0.356 e. The highest BCUT2D eigenvalue weighted by molar-refractivity contribution is 5.83. The molecule has 1 amide bonds. The normalized spacial score (nSPS) is 13.8. The van der Waals surface area contributed by atoms with Gasteiger partial charge in [-0.2, -0.15) is 10.2 Å². The molecule has 174 valence electrons. The molecule has 1 aliphatic carbocycles. The van der Waals surface area contributed by atoms with E-state index in [2.05, 4.69) is 21.6 Å². The van der Waals surface area contributed by atoms with E-state index in [1.807, 2.05) is 45.0 Å². The number of benzene rings is 1. The Morgan fingerprint density at radius 3 is 2.61 bits per heavy atom. The van der Waals surface area contributed by atoms with Gasteiger partial charge in [0.25, 0.3) is 5.56 Å². The number of fused-ring (bicyclic) bond motifs is 1. The number of nitrogens with zero attached hydrogens (tertiary/aromatic N) is 4. The summed E-state index contributed by atoms with van der Waals surface area (Å²) in [6.45, 7) is 6.98. The van der Waals surface area contributed by atoms with Gasteiger partial charge in [-0.1, -0.05) is 29.3 Å². The molecule has 2 heterocycles. The molecule has 1 N–H and O–H groups in total. The molecule has 3 aromatic rings. The quantitative estimate of drug-likeness (QED) is 0.522. The van der Waals surface area contributed by atoms with Crippen LogP contribution in [-0.4, -0.2) is 32.0 Å². The first-order valence-electron chi connectivity index (χ1n) is 11.9. The SMILES string of the molecule is Cc1ccc(-n2nc3c(=O)n(CCCC(=O)NCCC4=CCCCC4)nc(C)c3c2C)cc1. The van der Waals surface area contributed by atoms with E-state index in [0.717, 1.165) is 41.7 Å². The molecule has 7 nitrogen and oxygen atoms in total. The highest BCUT2D eigenvalue weighted by atomic mass is 16.1. The highest BCUT2D eigenvalue weighted by Crippen LogP contribution is 2.21. The fourth-order valence-corrected chi connectivity index (χ4v) is 4.54. The van der Waals surface area contributed by atoms with Gasteiger partial charge in [-0.15, -0.1) is 0 Å². The van der Waals surface area contributed by atoms with Crippen molar-refractivity contribution in [3.63, 3.8) is 0 Å². The van der Waals surface area contributed by atoms with E-state index in [1.54, 1.807) is 4.68 Å². The van der Waals surface area contributed by atoms with Gasteiger partial charge in [0.1, 0.15) is 0 Å².